The van der Waals surface area contributed by atoms with E-state index in [1.54, 1.807) is 13.8 Å². The first-order chi connectivity index (χ1) is 11.6. The molecular formula is C16H17N3O4S2. The van der Waals surface area contributed by atoms with E-state index in [1.165, 1.54) is 35.6 Å². The van der Waals surface area contributed by atoms with E-state index in [4.69, 9.17) is 0 Å². The smallest absolute Gasteiger partial charge is 0.257 e. The highest BCUT2D eigenvalue weighted by Gasteiger charge is 2.49. The molecule has 1 aromatic carbocycles. The molecule has 3 rings (SSSR count). The molecule has 1 aromatic heterocycles. The topological polar surface area (TPSA) is 96.4 Å². The van der Waals surface area contributed by atoms with Gasteiger partial charge in [-0.1, -0.05) is 0 Å². The first-order valence-electron chi connectivity index (χ1n) is 7.51. The van der Waals surface area contributed by atoms with Gasteiger partial charge in [0.2, 0.25) is 15.9 Å². The van der Waals surface area contributed by atoms with Crippen LogP contribution in [0.1, 0.15) is 29.9 Å². The molecule has 0 saturated carbocycles. The molecule has 1 N–H and O–H groups in total. The van der Waals surface area contributed by atoms with Crippen LogP contribution >= 0.6 is 11.3 Å². The lowest BCUT2D eigenvalue weighted by molar-refractivity contribution is -0.123. The van der Waals surface area contributed by atoms with E-state index < -0.39 is 21.3 Å². The monoisotopic (exact) mass is 379 g/mol. The Morgan fingerprint density at radius 2 is 1.92 bits per heavy atom. The van der Waals surface area contributed by atoms with Gasteiger partial charge in [-0.05, 0) is 45.0 Å². The van der Waals surface area contributed by atoms with Gasteiger partial charge in [0.15, 0.2) is 5.13 Å². The fourth-order valence-electron chi connectivity index (χ4n) is 2.59. The highest BCUT2D eigenvalue weighted by molar-refractivity contribution is 7.94. The van der Waals surface area contributed by atoms with Crippen LogP contribution in [0.5, 0.6) is 0 Å². The van der Waals surface area contributed by atoms with Crippen LogP contribution in [0, 0.1) is 12.3 Å². The van der Waals surface area contributed by atoms with Gasteiger partial charge in [-0.15, -0.1) is 11.3 Å². The van der Waals surface area contributed by atoms with E-state index in [-0.39, 0.29) is 17.3 Å². The summed E-state index contributed by atoms with van der Waals surface area (Å²) in [5, 5.41) is 4.99. The number of amides is 2. The Kier molecular flexibility index (Phi) is 4.16. The summed E-state index contributed by atoms with van der Waals surface area (Å²) in [6.07, 6.45) is 0. The molecule has 0 unspecified atom stereocenters. The second-order valence-electron chi connectivity index (χ2n) is 6.50. The van der Waals surface area contributed by atoms with Crippen LogP contribution in [0.2, 0.25) is 0 Å². The summed E-state index contributed by atoms with van der Waals surface area (Å²) >= 11 is 1.32. The molecule has 0 atom stereocenters. The van der Waals surface area contributed by atoms with Gasteiger partial charge >= 0.3 is 0 Å². The van der Waals surface area contributed by atoms with Crippen molar-refractivity contribution < 1.29 is 18.0 Å². The quantitative estimate of drug-likeness (QED) is 0.883. The van der Waals surface area contributed by atoms with E-state index in [1.807, 2.05) is 12.3 Å². The number of anilines is 2. The number of benzene rings is 1. The van der Waals surface area contributed by atoms with E-state index in [2.05, 4.69) is 10.3 Å². The number of thiazole rings is 1. The summed E-state index contributed by atoms with van der Waals surface area (Å²) in [6.45, 7) is 5.03. The van der Waals surface area contributed by atoms with Crippen LogP contribution < -0.4 is 9.62 Å². The third-order valence-electron chi connectivity index (χ3n) is 3.79. The van der Waals surface area contributed by atoms with Crippen molar-refractivity contribution in [3.05, 3.63) is 40.9 Å². The minimum atomic E-state index is -3.70. The van der Waals surface area contributed by atoms with E-state index in [9.17, 15) is 18.0 Å². The first kappa shape index (κ1) is 17.6. The molecule has 0 aliphatic carbocycles. The minimum Gasteiger partial charge on any atom is -0.298 e. The van der Waals surface area contributed by atoms with E-state index in [0.717, 1.165) is 10.00 Å². The Balaban J connectivity index is 1.83. The van der Waals surface area contributed by atoms with Gasteiger partial charge in [0, 0.05) is 10.9 Å². The predicted molar refractivity (Wildman–Crippen MR) is 96.3 cm³/mol. The molecule has 132 valence electrons. The Morgan fingerprint density at radius 3 is 2.40 bits per heavy atom. The maximum Gasteiger partial charge on any atom is 0.257 e. The Bertz CT molecular complexity index is 946. The minimum absolute atomic E-state index is 0.232. The lowest BCUT2D eigenvalue weighted by Gasteiger charge is -2.17. The summed E-state index contributed by atoms with van der Waals surface area (Å²) in [5.41, 5.74) is 0.436. The summed E-state index contributed by atoms with van der Waals surface area (Å²) in [4.78, 5) is 28.7. The molecule has 0 radical (unpaired) electrons. The van der Waals surface area contributed by atoms with Crippen LogP contribution in [0.25, 0.3) is 0 Å². The van der Waals surface area contributed by atoms with Crippen molar-refractivity contribution in [3.8, 4) is 0 Å². The van der Waals surface area contributed by atoms with Crippen LogP contribution in [-0.4, -0.2) is 31.0 Å². The highest BCUT2D eigenvalue weighted by Crippen LogP contribution is 2.35. The average molecular weight is 379 g/mol. The molecule has 2 aromatic rings. The molecule has 0 spiro atoms. The summed E-state index contributed by atoms with van der Waals surface area (Å²) in [7, 11) is -3.70. The average Bonchev–Trinajstić information content (AvgIpc) is 2.98. The van der Waals surface area contributed by atoms with Crippen LogP contribution in [-0.2, 0) is 14.8 Å². The number of rotatable bonds is 3. The standard InChI is InChI=1S/C16H17N3O4S2/c1-10-8-24-15(17-10)18-13(20)11-4-6-12(7-5-11)19-14(21)16(2,3)9-25(19,22)23/h4-8H,9H2,1-3H3,(H,17,18,20). The SMILES string of the molecule is Cc1csc(NC(=O)c2ccc(N3C(=O)C(C)(C)CS3(=O)=O)cc2)n1. The van der Waals surface area contributed by atoms with Gasteiger partial charge in [-0.25, -0.2) is 17.7 Å². The second kappa shape index (κ2) is 5.92. The number of sulfonamides is 1. The molecule has 2 amide bonds. The number of hydrogen-bond acceptors (Lipinski definition) is 6. The number of nitrogens with one attached hydrogen (secondary N) is 1. The number of aromatic nitrogens is 1. The molecule has 1 aliphatic heterocycles. The van der Waals surface area contributed by atoms with Crippen molar-refractivity contribution in [1.82, 2.24) is 4.98 Å². The van der Waals surface area contributed by atoms with Crippen molar-refractivity contribution >= 4 is 44.0 Å². The third kappa shape index (κ3) is 3.29. The Morgan fingerprint density at radius 1 is 1.28 bits per heavy atom. The fourth-order valence-corrected chi connectivity index (χ4v) is 5.38. The van der Waals surface area contributed by atoms with Crippen molar-refractivity contribution in [1.29, 1.82) is 0 Å². The van der Waals surface area contributed by atoms with Crippen LogP contribution in [0.15, 0.2) is 29.6 Å². The van der Waals surface area contributed by atoms with Gasteiger partial charge in [0.05, 0.1) is 22.5 Å². The lowest BCUT2D eigenvalue weighted by atomic mass is 9.95. The second-order valence-corrected chi connectivity index (χ2v) is 9.18. The fraction of sp³-hybridized carbons (Fsp3) is 0.312. The van der Waals surface area contributed by atoms with Gasteiger partial charge < -0.3 is 0 Å². The Labute approximate surface area is 149 Å². The zero-order valence-corrected chi connectivity index (χ0v) is 15.6. The molecule has 25 heavy (non-hydrogen) atoms. The van der Waals surface area contributed by atoms with Crippen molar-refractivity contribution in [2.24, 2.45) is 5.41 Å². The largest absolute Gasteiger partial charge is 0.298 e. The molecule has 0 bridgehead atoms. The summed E-state index contributed by atoms with van der Waals surface area (Å²) in [5.74, 6) is -1.05. The van der Waals surface area contributed by atoms with Crippen LogP contribution in [0.3, 0.4) is 0 Å². The lowest BCUT2D eigenvalue weighted by Crippen LogP contribution is -2.32. The molecule has 1 aliphatic rings. The van der Waals surface area contributed by atoms with E-state index >= 15 is 0 Å². The number of carbonyl (C=O) groups excluding carboxylic acids is 2. The summed E-state index contributed by atoms with van der Waals surface area (Å²) in [6, 6.07) is 5.89. The number of carbonyl (C=O) groups is 2. The van der Waals surface area contributed by atoms with Crippen molar-refractivity contribution in [2.75, 3.05) is 15.4 Å². The maximum absolute atomic E-state index is 12.4. The number of aryl methyl sites for hydroxylation is 1. The number of nitrogens with zero attached hydrogens (tertiary/aromatic N) is 2. The maximum atomic E-state index is 12.4. The van der Waals surface area contributed by atoms with E-state index in [0.29, 0.717) is 10.7 Å². The molecule has 7 nitrogen and oxygen atoms in total. The Hall–Kier alpha value is -2.26. The molecule has 1 saturated heterocycles. The molecule has 9 heteroatoms. The first-order valence-corrected chi connectivity index (χ1v) is 10.00. The summed E-state index contributed by atoms with van der Waals surface area (Å²) < 4.78 is 25.4. The normalized spacial score (nSPS) is 18.4. The predicted octanol–water partition coefficient (Wildman–Crippen LogP) is 2.41. The van der Waals surface area contributed by atoms with Gasteiger partial charge in [0.1, 0.15) is 0 Å². The molecule has 2 heterocycles. The zero-order valence-electron chi connectivity index (χ0n) is 13.9. The molecular weight excluding hydrogens is 362 g/mol. The highest BCUT2D eigenvalue weighted by atomic mass is 32.2. The van der Waals surface area contributed by atoms with Gasteiger partial charge in [0.25, 0.3) is 5.91 Å². The molecule has 1 fully saturated rings. The van der Waals surface area contributed by atoms with Crippen LogP contribution in [0.4, 0.5) is 10.8 Å². The number of hydrogen-bond donors (Lipinski definition) is 1. The van der Waals surface area contributed by atoms with Crippen molar-refractivity contribution in [3.63, 3.8) is 0 Å². The third-order valence-corrected chi connectivity index (χ3v) is 6.68. The van der Waals surface area contributed by atoms with Crippen molar-refractivity contribution in [2.45, 2.75) is 20.8 Å². The van der Waals surface area contributed by atoms with Gasteiger partial charge in [-0.3, -0.25) is 14.9 Å². The van der Waals surface area contributed by atoms with Gasteiger partial charge in [-0.2, -0.15) is 0 Å². The zero-order chi connectivity index (χ0) is 18.4.